The molecule has 5 heteroatoms. The van der Waals surface area contributed by atoms with Gasteiger partial charge in [-0.2, -0.15) is 0 Å². The molecule has 1 aromatic carbocycles. The van der Waals surface area contributed by atoms with Gasteiger partial charge < -0.3 is 5.73 Å². The Labute approximate surface area is 109 Å². The molecule has 0 aliphatic carbocycles. The van der Waals surface area contributed by atoms with Gasteiger partial charge in [0.1, 0.15) is 0 Å². The summed E-state index contributed by atoms with van der Waals surface area (Å²) in [4.78, 5) is 15.8. The van der Waals surface area contributed by atoms with Crippen molar-refractivity contribution < 1.29 is 4.79 Å². The van der Waals surface area contributed by atoms with Crippen LogP contribution in [0.25, 0.3) is 6.08 Å². The fraction of sp³-hybridized carbons (Fsp3) is 0.0769. The summed E-state index contributed by atoms with van der Waals surface area (Å²) in [5.41, 5.74) is 8.11. The molecule has 0 saturated heterocycles. The third-order valence-corrected chi connectivity index (χ3v) is 3.06. The van der Waals surface area contributed by atoms with E-state index in [0.717, 1.165) is 11.3 Å². The molecule has 0 spiro atoms. The second-order valence-electron chi connectivity index (χ2n) is 3.79. The number of rotatable bonds is 3. The van der Waals surface area contributed by atoms with Crippen LogP contribution in [-0.4, -0.2) is 10.9 Å². The van der Waals surface area contributed by atoms with Gasteiger partial charge in [0.05, 0.1) is 5.69 Å². The summed E-state index contributed by atoms with van der Waals surface area (Å²) in [5.74, 6) is -0.202. The average molecular weight is 259 g/mol. The van der Waals surface area contributed by atoms with E-state index in [1.54, 1.807) is 18.2 Å². The molecule has 0 aliphatic rings. The van der Waals surface area contributed by atoms with E-state index < -0.39 is 0 Å². The third-order valence-electron chi connectivity index (χ3n) is 2.19. The molecule has 0 fully saturated rings. The number of hydrogen-bond donors (Lipinski definition) is 2. The van der Waals surface area contributed by atoms with E-state index in [2.05, 4.69) is 10.3 Å². The van der Waals surface area contributed by atoms with Gasteiger partial charge in [0.15, 0.2) is 5.13 Å². The van der Waals surface area contributed by atoms with E-state index >= 15 is 0 Å². The van der Waals surface area contributed by atoms with Gasteiger partial charge in [-0.15, -0.1) is 11.3 Å². The number of anilines is 2. The zero-order valence-electron chi connectivity index (χ0n) is 9.88. The van der Waals surface area contributed by atoms with E-state index in [-0.39, 0.29) is 5.91 Å². The van der Waals surface area contributed by atoms with Crippen LogP contribution in [0.1, 0.15) is 11.3 Å². The molecule has 1 heterocycles. The number of carbonyl (C=O) groups excluding carboxylic acids is 1. The second kappa shape index (κ2) is 5.46. The first kappa shape index (κ1) is 12.3. The molecule has 0 saturated carbocycles. The Hall–Kier alpha value is -2.14. The number of nitrogen functional groups attached to an aromatic ring is 1. The van der Waals surface area contributed by atoms with Crippen molar-refractivity contribution in [1.29, 1.82) is 0 Å². The smallest absolute Gasteiger partial charge is 0.250 e. The van der Waals surface area contributed by atoms with Crippen molar-refractivity contribution in [3.05, 3.63) is 47.0 Å². The van der Waals surface area contributed by atoms with E-state index in [0.29, 0.717) is 10.8 Å². The highest BCUT2D eigenvalue weighted by molar-refractivity contribution is 7.13. The van der Waals surface area contributed by atoms with Crippen LogP contribution in [0.3, 0.4) is 0 Å². The minimum atomic E-state index is -0.202. The van der Waals surface area contributed by atoms with Gasteiger partial charge in [0, 0.05) is 17.1 Å². The molecular weight excluding hydrogens is 246 g/mol. The third kappa shape index (κ3) is 3.43. The largest absolute Gasteiger partial charge is 0.399 e. The maximum atomic E-state index is 11.6. The number of benzene rings is 1. The lowest BCUT2D eigenvalue weighted by molar-refractivity contribution is -0.111. The highest BCUT2D eigenvalue weighted by Crippen LogP contribution is 2.14. The topological polar surface area (TPSA) is 68.0 Å². The fourth-order valence-corrected chi connectivity index (χ4v) is 2.08. The Morgan fingerprint density at radius 1 is 1.50 bits per heavy atom. The molecule has 2 rings (SSSR count). The average Bonchev–Trinajstić information content (AvgIpc) is 2.72. The summed E-state index contributed by atoms with van der Waals surface area (Å²) < 4.78 is 0. The van der Waals surface area contributed by atoms with Crippen molar-refractivity contribution in [3.63, 3.8) is 0 Å². The van der Waals surface area contributed by atoms with Crippen molar-refractivity contribution in [3.8, 4) is 0 Å². The Bertz CT molecular complexity index is 589. The maximum absolute atomic E-state index is 11.6. The number of carbonyl (C=O) groups is 1. The van der Waals surface area contributed by atoms with Crippen LogP contribution in [0.15, 0.2) is 35.7 Å². The zero-order chi connectivity index (χ0) is 13.0. The van der Waals surface area contributed by atoms with Crippen molar-refractivity contribution in [2.45, 2.75) is 6.92 Å². The van der Waals surface area contributed by atoms with Gasteiger partial charge in [-0.05, 0) is 30.7 Å². The highest BCUT2D eigenvalue weighted by Gasteiger charge is 2.01. The standard InChI is InChI=1S/C13H13N3OS/c1-9-8-18-13(15-9)16-12(17)6-5-10-3-2-4-11(14)7-10/h2-8H,14H2,1H3,(H,15,16,17)/b6-5+. The van der Waals surface area contributed by atoms with Crippen molar-refractivity contribution in [2.75, 3.05) is 11.1 Å². The Morgan fingerprint density at radius 2 is 2.33 bits per heavy atom. The molecule has 1 amide bonds. The number of nitrogens with one attached hydrogen (secondary N) is 1. The molecule has 4 nitrogen and oxygen atoms in total. The van der Waals surface area contributed by atoms with Crippen molar-refractivity contribution in [2.24, 2.45) is 0 Å². The number of nitrogens with two attached hydrogens (primary N) is 1. The maximum Gasteiger partial charge on any atom is 0.250 e. The second-order valence-corrected chi connectivity index (χ2v) is 4.64. The molecular formula is C13H13N3OS. The molecule has 0 atom stereocenters. The summed E-state index contributed by atoms with van der Waals surface area (Å²) in [7, 11) is 0. The molecule has 3 N–H and O–H groups in total. The molecule has 0 aliphatic heterocycles. The van der Waals surface area contributed by atoms with Crippen molar-refractivity contribution >= 4 is 34.1 Å². The summed E-state index contributed by atoms with van der Waals surface area (Å²) in [6, 6.07) is 7.33. The van der Waals surface area contributed by atoms with Crippen LogP contribution in [0.4, 0.5) is 10.8 Å². The summed E-state index contributed by atoms with van der Waals surface area (Å²) in [5, 5.41) is 5.19. The van der Waals surface area contributed by atoms with Gasteiger partial charge in [-0.25, -0.2) is 4.98 Å². The van der Waals surface area contributed by atoms with E-state index in [1.807, 2.05) is 24.4 Å². The van der Waals surface area contributed by atoms with Crippen LogP contribution in [-0.2, 0) is 4.79 Å². The molecule has 0 radical (unpaired) electrons. The SMILES string of the molecule is Cc1csc(NC(=O)/C=C/c2cccc(N)c2)n1. The van der Waals surface area contributed by atoms with Gasteiger partial charge in [-0.1, -0.05) is 12.1 Å². The molecule has 1 aromatic heterocycles. The predicted molar refractivity (Wildman–Crippen MR) is 75.4 cm³/mol. The number of thiazole rings is 1. The summed E-state index contributed by atoms with van der Waals surface area (Å²) in [6.45, 7) is 1.88. The monoisotopic (exact) mass is 259 g/mol. The molecule has 18 heavy (non-hydrogen) atoms. The van der Waals surface area contributed by atoms with Crippen LogP contribution >= 0.6 is 11.3 Å². The summed E-state index contributed by atoms with van der Waals surface area (Å²) >= 11 is 1.41. The Kier molecular flexibility index (Phi) is 3.74. The lowest BCUT2D eigenvalue weighted by Gasteiger charge is -1.97. The Morgan fingerprint density at radius 3 is 3.00 bits per heavy atom. The fourth-order valence-electron chi connectivity index (χ4n) is 1.39. The Balaban J connectivity index is 1.99. The first-order valence-electron chi connectivity index (χ1n) is 5.40. The number of amides is 1. The van der Waals surface area contributed by atoms with Gasteiger partial charge in [-0.3, -0.25) is 10.1 Å². The van der Waals surface area contributed by atoms with E-state index in [9.17, 15) is 4.79 Å². The van der Waals surface area contributed by atoms with Crippen LogP contribution in [0, 0.1) is 6.92 Å². The van der Waals surface area contributed by atoms with Gasteiger partial charge in [0.2, 0.25) is 5.91 Å². The number of hydrogen-bond acceptors (Lipinski definition) is 4. The van der Waals surface area contributed by atoms with Crippen LogP contribution in [0.2, 0.25) is 0 Å². The van der Waals surface area contributed by atoms with Gasteiger partial charge >= 0.3 is 0 Å². The lowest BCUT2D eigenvalue weighted by Crippen LogP contribution is -2.07. The molecule has 0 bridgehead atoms. The first-order valence-corrected chi connectivity index (χ1v) is 6.28. The molecule has 92 valence electrons. The van der Waals surface area contributed by atoms with Crippen LogP contribution in [0.5, 0.6) is 0 Å². The minimum absolute atomic E-state index is 0.202. The normalized spacial score (nSPS) is 10.7. The van der Waals surface area contributed by atoms with Crippen LogP contribution < -0.4 is 11.1 Å². The highest BCUT2D eigenvalue weighted by atomic mass is 32.1. The van der Waals surface area contributed by atoms with E-state index in [4.69, 9.17) is 5.73 Å². The summed E-state index contributed by atoms with van der Waals surface area (Å²) in [6.07, 6.45) is 3.18. The quantitative estimate of drug-likeness (QED) is 0.657. The molecule has 0 unspecified atom stereocenters. The lowest BCUT2D eigenvalue weighted by atomic mass is 10.2. The predicted octanol–water partition coefficient (Wildman–Crippen LogP) is 2.69. The first-order chi connectivity index (χ1) is 8.63. The van der Waals surface area contributed by atoms with Crippen molar-refractivity contribution in [1.82, 2.24) is 4.98 Å². The zero-order valence-corrected chi connectivity index (χ0v) is 10.7. The van der Waals surface area contributed by atoms with Gasteiger partial charge in [0.25, 0.3) is 0 Å². The number of aryl methyl sites for hydroxylation is 1. The number of aromatic nitrogens is 1. The minimum Gasteiger partial charge on any atom is -0.399 e. The molecule has 2 aromatic rings. The number of nitrogens with zero attached hydrogens (tertiary/aromatic N) is 1. The van der Waals surface area contributed by atoms with E-state index in [1.165, 1.54) is 17.4 Å².